The van der Waals surface area contributed by atoms with Crippen LogP contribution in [0.3, 0.4) is 0 Å². The van der Waals surface area contributed by atoms with Crippen LogP contribution in [0.1, 0.15) is 12.5 Å². The molecule has 0 aromatic heterocycles. The predicted octanol–water partition coefficient (Wildman–Crippen LogP) is 3.25. The summed E-state index contributed by atoms with van der Waals surface area (Å²) >= 11 is 0. The van der Waals surface area contributed by atoms with Crippen LogP contribution in [0.25, 0.3) is 0 Å². The third-order valence-corrected chi connectivity index (χ3v) is 4.63. The molecule has 0 saturated carbocycles. The number of hydrogen-bond acceptors (Lipinski definition) is 3. The highest BCUT2D eigenvalue weighted by atomic mass is 32.2. The summed E-state index contributed by atoms with van der Waals surface area (Å²) in [4.78, 5) is 1.94. The maximum Gasteiger partial charge on any atom is 0.283 e. The first-order valence-electron chi connectivity index (χ1n) is 7.24. The Morgan fingerprint density at radius 1 is 1.09 bits per heavy atom. The van der Waals surface area contributed by atoms with Gasteiger partial charge in [0, 0.05) is 12.2 Å². The summed E-state index contributed by atoms with van der Waals surface area (Å²) < 4.78 is 33.4. The second-order valence-electron chi connectivity index (χ2n) is 4.99. The Labute approximate surface area is 137 Å². The SMILES string of the molecule is CCN(/C=N/S(=O)(=O)c1ccc(C)cc1)c1ccc(OC)cc1. The van der Waals surface area contributed by atoms with Crippen molar-refractivity contribution in [2.45, 2.75) is 18.7 Å². The highest BCUT2D eigenvalue weighted by Crippen LogP contribution is 2.19. The van der Waals surface area contributed by atoms with E-state index in [0.29, 0.717) is 6.54 Å². The van der Waals surface area contributed by atoms with E-state index >= 15 is 0 Å². The lowest BCUT2D eigenvalue weighted by Crippen LogP contribution is -2.21. The summed E-state index contributed by atoms with van der Waals surface area (Å²) in [7, 11) is -2.10. The van der Waals surface area contributed by atoms with E-state index in [4.69, 9.17) is 4.74 Å². The van der Waals surface area contributed by atoms with Crippen molar-refractivity contribution < 1.29 is 13.2 Å². The minimum atomic E-state index is -3.70. The van der Waals surface area contributed by atoms with Crippen molar-refractivity contribution in [2.75, 3.05) is 18.6 Å². The maximum absolute atomic E-state index is 12.3. The Bertz CT molecular complexity index is 766. The largest absolute Gasteiger partial charge is 0.497 e. The molecule has 0 fully saturated rings. The molecule has 0 radical (unpaired) electrons. The number of hydrogen-bond donors (Lipinski definition) is 0. The summed E-state index contributed by atoms with van der Waals surface area (Å²) in [5, 5.41) is 0. The number of ether oxygens (including phenoxy) is 1. The highest BCUT2D eigenvalue weighted by molar-refractivity contribution is 7.90. The van der Waals surface area contributed by atoms with Crippen molar-refractivity contribution in [3.63, 3.8) is 0 Å². The average Bonchev–Trinajstić information content (AvgIpc) is 2.56. The Hall–Kier alpha value is -2.34. The van der Waals surface area contributed by atoms with E-state index in [9.17, 15) is 8.42 Å². The molecule has 0 heterocycles. The third-order valence-electron chi connectivity index (χ3n) is 3.39. The molecule has 0 aliphatic heterocycles. The van der Waals surface area contributed by atoms with E-state index < -0.39 is 10.0 Å². The van der Waals surface area contributed by atoms with Gasteiger partial charge in [0.1, 0.15) is 12.1 Å². The number of aryl methyl sites for hydroxylation is 1. The first kappa shape index (κ1) is 17.0. The van der Waals surface area contributed by atoms with Crippen molar-refractivity contribution >= 4 is 22.0 Å². The Kier molecular flexibility index (Phi) is 5.39. The van der Waals surface area contributed by atoms with Crippen LogP contribution in [0, 0.1) is 6.92 Å². The zero-order chi connectivity index (χ0) is 16.9. The summed E-state index contributed by atoms with van der Waals surface area (Å²) in [6.45, 7) is 4.43. The van der Waals surface area contributed by atoms with Gasteiger partial charge in [0.25, 0.3) is 10.0 Å². The highest BCUT2D eigenvalue weighted by Gasteiger charge is 2.12. The van der Waals surface area contributed by atoms with E-state index in [1.807, 2.05) is 38.1 Å². The molecule has 2 rings (SSSR count). The van der Waals surface area contributed by atoms with Crippen molar-refractivity contribution in [1.82, 2.24) is 0 Å². The van der Waals surface area contributed by atoms with Crippen LogP contribution in [-0.2, 0) is 10.0 Å². The minimum Gasteiger partial charge on any atom is -0.497 e. The van der Waals surface area contributed by atoms with Gasteiger partial charge in [-0.15, -0.1) is 4.40 Å². The fourth-order valence-corrected chi connectivity index (χ4v) is 2.83. The molecule has 0 spiro atoms. The fraction of sp³-hybridized carbons (Fsp3) is 0.235. The Morgan fingerprint density at radius 2 is 1.70 bits per heavy atom. The molecular formula is C17H20N2O3S. The number of anilines is 1. The van der Waals surface area contributed by atoms with Gasteiger partial charge in [-0.3, -0.25) is 0 Å². The van der Waals surface area contributed by atoms with Crippen LogP contribution in [-0.4, -0.2) is 28.4 Å². The molecule has 23 heavy (non-hydrogen) atoms. The number of sulfonamides is 1. The zero-order valence-electron chi connectivity index (χ0n) is 13.4. The van der Waals surface area contributed by atoms with E-state index in [0.717, 1.165) is 17.0 Å². The normalized spacial score (nSPS) is 11.6. The topological polar surface area (TPSA) is 59.0 Å². The molecule has 0 atom stereocenters. The van der Waals surface area contributed by atoms with Gasteiger partial charge in [0.2, 0.25) is 0 Å². The smallest absolute Gasteiger partial charge is 0.283 e. The number of rotatable bonds is 6. The predicted molar refractivity (Wildman–Crippen MR) is 92.9 cm³/mol. The zero-order valence-corrected chi connectivity index (χ0v) is 14.2. The molecule has 2 aromatic carbocycles. The molecule has 0 saturated heterocycles. The monoisotopic (exact) mass is 332 g/mol. The number of nitrogens with zero attached hydrogens (tertiary/aromatic N) is 2. The van der Waals surface area contributed by atoms with Crippen molar-refractivity contribution in [1.29, 1.82) is 0 Å². The van der Waals surface area contributed by atoms with Gasteiger partial charge in [-0.2, -0.15) is 8.42 Å². The van der Waals surface area contributed by atoms with E-state index in [-0.39, 0.29) is 4.90 Å². The van der Waals surface area contributed by atoms with Crippen molar-refractivity contribution in [3.05, 3.63) is 54.1 Å². The quantitative estimate of drug-likeness (QED) is 0.602. The van der Waals surface area contributed by atoms with Crippen molar-refractivity contribution in [3.8, 4) is 5.75 Å². The Morgan fingerprint density at radius 3 is 2.22 bits per heavy atom. The molecule has 0 unspecified atom stereocenters. The standard InChI is InChI=1S/C17H20N2O3S/c1-4-19(15-7-9-16(22-3)10-8-15)13-18-23(20,21)17-11-5-14(2)6-12-17/h5-13H,4H2,1-3H3/b18-13+. The van der Waals surface area contributed by atoms with E-state index in [1.165, 1.54) is 6.34 Å². The average molecular weight is 332 g/mol. The summed E-state index contributed by atoms with van der Waals surface area (Å²) in [6, 6.07) is 14.0. The molecular weight excluding hydrogens is 312 g/mol. The van der Waals surface area contributed by atoms with Gasteiger partial charge in [0.05, 0.1) is 12.0 Å². The van der Waals surface area contributed by atoms with Crippen molar-refractivity contribution in [2.24, 2.45) is 4.40 Å². The molecule has 0 aliphatic rings. The lowest BCUT2D eigenvalue weighted by Gasteiger charge is -2.17. The van der Waals surface area contributed by atoms with Crippen LogP contribution in [0.2, 0.25) is 0 Å². The van der Waals surface area contributed by atoms with Gasteiger partial charge < -0.3 is 9.64 Å². The molecule has 5 nitrogen and oxygen atoms in total. The van der Waals surface area contributed by atoms with E-state index in [1.54, 1.807) is 36.3 Å². The van der Waals surface area contributed by atoms with Gasteiger partial charge in [-0.05, 0) is 50.2 Å². The molecule has 0 N–H and O–H groups in total. The molecule has 122 valence electrons. The van der Waals surface area contributed by atoms with Crippen LogP contribution in [0.15, 0.2) is 57.8 Å². The van der Waals surface area contributed by atoms with Gasteiger partial charge >= 0.3 is 0 Å². The fourth-order valence-electron chi connectivity index (χ4n) is 1.99. The number of methoxy groups -OCH3 is 1. The van der Waals surface area contributed by atoms with E-state index in [2.05, 4.69) is 4.40 Å². The second-order valence-corrected chi connectivity index (χ2v) is 6.63. The summed E-state index contributed by atoms with van der Waals surface area (Å²) in [5.74, 6) is 0.744. The second kappa shape index (κ2) is 7.28. The van der Waals surface area contributed by atoms with Crippen LogP contribution in [0.5, 0.6) is 5.75 Å². The lowest BCUT2D eigenvalue weighted by molar-refractivity contribution is 0.415. The molecule has 2 aromatic rings. The molecule has 0 amide bonds. The maximum atomic E-state index is 12.3. The summed E-state index contributed by atoms with van der Waals surface area (Å²) in [6.07, 6.45) is 1.34. The molecule has 0 aliphatic carbocycles. The molecule has 0 bridgehead atoms. The van der Waals surface area contributed by atoms with Gasteiger partial charge in [0.15, 0.2) is 0 Å². The first-order valence-corrected chi connectivity index (χ1v) is 8.68. The summed E-state index contributed by atoms with van der Waals surface area (Å²) in [5.41, 5.74) is 1.84. The molecule has 6 heteroatoms. The lowest BCUT2D eigenvalue weighted by atomic mass is 10.2. The first-order chi connectivity index (χ1) is 11.0. The van der Waals surface area contributed by atoms with Crippen LogP contribution in [0.4, 0.5) is 5.69 Å². The van der Waals surface area contributed by atoms with Crippen LogP contribution >= 0.6 is 0 Å². The number of benzene rings is 2. The minimum absolute atomic E-state index is 0.185. The van der Waals surface area contributed by atoms with Crippen LogP contribution < -0.4 is 9.64 Å². The van der Waals surface area contributed by atoms with Gasteiger partial charge in [-0.1, -0.05) is 17.7 Å². The Balaban J connectivity index is 2.22. The van der Waals surface area contributed by atoms with Gasteiger partial charge in [-0.25, -0.2) is 0 Å². The third kappa shape index (κ3) is 4.32.